The summed E-state index contributed by atoms with van der Waals surface area (Å²) in [5, 5.41) is 11.7. The third kappa shape index (κ3) is 3.27. The van der Waals surface area contributed by atoms with Gasteiger partial charge in [-0.15, -0.1) is 10.2 Å². The first-order valence-electron chi connectivity index (χ1n) is 6.29. The number of fused-ring (bicyclic) bond motifs is 1. The first-order chi connectivity index (χ1) is 8.81. The molecular weight excluding hydrogens is 228 g/mol. The fourth-order valence-corrected chi connectivity index (χ4v) is 1.95. The van der Waals surface area contributed by atoms with Crippen molar-refractivity contribution < 1.29 is 4.74 Å². The van der Waals surface area contributed by atoms with Crippen molar-refractivity contribution in [3.8, 4) is 0 Å². The van der Waals surface area contributed by atoms with Gasteiger partial charge in [-0.3, -0.25) is 4.40 Å². The molecule has 1 N–H and O–H groups in total. The van der Waals surface area contributed by atoms with Crippen LogP contribution in [-0.4, -0.2) is 41.4 Å². The van der Waals surface area contributed by atoms with Crippen molar-refractivity contribution in [1.29, 1.82) is 0 Å². The predicted octanol–water partition coefficient (Wildman–Crippen LogP) is 1.14. The van der Waals surface area contributed by atoms with Crippen molar-refractivity contribution in [2.24, 2.45) is 5.92 Å². The molecule has 0 aliphatic heterocycles. The van der Waals surface area contributed by atoms with Crippen LogP contribution >= 0.6 is 0 Å². The van der Waals surface area contributed by atoms with E-state index in [0.717, 1.165) is 37.6 Å². The van der Waals surface area contributed by atoms with Gasteiger partial charge in [0, 0.05) is 32.9 Å². The lowest BCUT2D eigenvalue weighted by Crippen LogP contribution is -2.26. The molecule has 2 aromatic rings. The molecule has 0 aromatic carbocycles. The summed E-state index contributed by atoms with van der Waals surface area (Å²) in [5.41, 5.74) is 0.903. The molecule has 0 radical (unpaired) electrons. The average molecular weight is 248 g/mol. The molecule has 0 saturated heterocycles. The number of methoxy groups -OCH3 is 1. The van der Waals surface area contributed by atoms with E-state index in [2.05, 4.69) is 22.4 Å². The lowest BCUT2D eigenvalue weighted by Gasteiger charge is -2.10. The Bertz CT molecular complexity index is 483. The van der Waals surface area contributed by atoms with Crippen molar-refractivity contribution >= 4 is 5.65 Å². The second-order valence-corrected chi connectivity index (χ2v) is 4.56. The molecule has 98 valence electrons. The van der Waals surface area contributed by atoms with E-state index in [0.29, 0.717) is 5.92 Å². The maximum atomic E-state index is 5.10. The van der Waals surface area contributed by atoms with E-state index in [9.17, 15) is 0 Å². The summed E-state index contributed by atoms with van der Waals surface area (Å²) in [6.45, 7) is 4.83. The van der Waals surface area contributed by atoms with Gasteiger partial charge in [-0.25, -0.2) is 0 Å². The van der Waals surface area contributed by atoms with Crippen molar-refractivity contribution in [2.75, 3.05) is 26.8 Å². The lowest BCUT2D eigenvalue weighted by atomic mass is 10.2. The van der Waals surface area contributed by atoms with Gasteiger partial charge in [0.2, 0.25) is 0 Å². The minimum Gasteiger partial charge on any atom is -0.384 e. The summed E-state index contributed by atoms with van der Waals surface area (Å²) in [7, 11) is 1.73. The third-order valence-corrected chi connectivity index (χ3v) is 2.85. The van der Waals surface area contributed by atoms with Gasteiger partial charge in [0.1, 0.15) is 5.82 Å². The largest absolute Gasteiger partial charge is 0.384 e. The number of hydrogen-bond acceptors (Lipinski definition) is 4. The maximum absolute atomic E-state index is 5.10. The summed E-state index contributed by atoms with van der Waals surface area (Å²) in [4.78, 5) is 0. The fourth-order valence-electron chi connectivity index (χ4n) is 1.95. The van der Waals surface area contributed by atoms with Crippen LogP contribution in [-0.2, 0) is 11.2 Å². The molecule has 1 atom stereocenters. The number of nitrogens with zero attached hydrogens (tertiary/aromatic N) is 3. The average Bonchev–Trinajstić information content (AvgIpc) is 2.78. The monoisotopic (exact) mass is 248 g/mol. The summed E-state index contributed by atoms with van der Waals surface area (Å²) in [6.07, 6.45) is 2.88. The zero-order valence-corrected chi connectivity index (χ0v) is 11.0. The zero-order valence-electron chi connectivity index (χ0n) is 11.0. The lowest BCUT2D eigenvalue weighted by molar-refractivity contribution is 0.158. The Labute approximate surface area is 107 Å². The SMILES string of the molecule is COCC(C)CNCCc1nnc2ccccn12. The van der Waals surface area contributed by atoms with Crippen LogP contribution in [0.15, 0.2) is 24.4 Å². The molecule has 0 aliphatic carbocycles. The normalized spacial score (nSPS) is 13.0. The van der Waals surface area contributed by atoms with Crippen molar-refractivity contribution in [2.45, 2.75) is 13.3 Å². The molecule has 2 rings (SSSR count). The highest BCUT2D eigenvalue weighted by molar-refractivity contribution is 5.36. The predicted molar refractivity (Wildman–Crippen MR) is 70.6 cm³/mol. The van der Waals surface area contributed by atoms with Gasteiger partial charge in [-0.05, 0) is 24.6 Å². The Kier molecular flexibility index (Phi) is 4.66. The number of hydrogen-bond donors (Lipinski definition) is 1. The van der Waals surface area contributed by atoms with Crippen molar-refractivity contribution in [3.63, 3.8) is 0 Å². The Hall–Kier alpha value is -1.46. The summed E-state index contributed by atoms with van der Waals surface area (Å²) < 4.78 is 7.13. The molecule has 18 heavy (non-hydrogen) atoms. The van der Waals surface area contributed by atoms with E-state index in [1.807, 2.05) is 28.8 Å². The molecule has 0 amide bonds. The van der Waals surface area contributed by atoms with Gasteiger partial charge in [-0.1, -0.05) is 13.0 Å². The number of nitrogens with one attached hydrogen (secondary N) is 1. The van der Waals surface area contributed by atoms with E-state index in [1.165, 1.54) is 0 Å². The minimum atomic E-state index is 0.533. The molecule has 2 heterocycles. The van der Waals surface area contributed by atoms with Crippen molar-refractivity contribution in [3.05, 3.63) is 30.2 Å². The topological polar surface area (TPSA) is 51.5 Å². The quantitative estimate of drug-likeness (QED) is 0.747. The molecule has 5 nitrogen and oxygen atoms in total. The van der Waals surface area contributed by atoms with E-state index >= 15 is 0 Å². The number of rotatable bonds is 7. The van der Waals surface area contributed by atoms with Crippen LogP contribution < -0.4 is 5.32 Å². The molecule has 2 aromatic heterocycles. The van der Waals surface area contributed by atoms with Crippen LogP contribution in [0.1, 0.15) is 12.7 Å². The minimum absolute atomic E-state index is 0.533. The zero-order chi connectivity index (χ0) is 12.8. The molecule has 0 spiro atoms. The Morgan fingerprint density at radius 1 is 1.39 bits per heavy atom. The molecule has 1 unspecified atom stereocenters. The fraction of sp³-hybridized carbons (Fsp3) is 0.538. The Balaban J connectivity index is 1.80. The first kappa shape index (κ1) is 13.0. The number of pyridine rings is 1. The summed E-state index contributed by atoms with van der Waals surface area (Å²) in [6, 6.07) is 5.93. The Morgan fingerprint density at radius 2 is 2.28 bits per heavy atom. The van der Waals surface area contributed by atoms with E-state index in [1.54, 1.807) is 7.11 Å². The van der Waals surface area contributed by atoms with E-state index in [-0.39, 0.29) is 0 Å². The van der Waals surface area contributed by atoms with Gasteiger partial charge < -0.3 is 10.1 Å². The smallest absolute Gasteiger partial charge is 0.160 e. The van der Waals surface area contributed by atoms with Gasteiger partial charge in [0.05, 0.1) is 0 Å². The van der Waals surface area contributed by atoms with Gasteiger partial charge >= 0.3 is 0 Å². The van der Waals surface area contributed by atoms with Gasteiger partial charge in [0.25, 0.3) is 0 Å². The van der Waals surface area contributed by atoms with Crippen LogP contribution in [0.3, 0.4) is 0 Å². The second kappa shape index (κ2) is 6.47. The molecule has 0 saturated carbocycles. The second-order valence-electron chi connectivity index (χ2n) is 4.56. The number of aromatic nitrogens is 3. The molecule has 0 bridgehead atoms. The van der Waals surface area contributed by atoms with Crippen LogP contribution in [0.4, 0.5) is 0 Å². The van der Waals surface area contributed by atoms with Crippen molar-refractivity contribution in [1.82, 2.24) is 19.9 Å². The highest BCUT2D eigenvalue weighted by Gasteiger charge is 2.04. The molecule has 5 heteroatoms. The van der Waals surface area contributed by atoms with Gasteiger partial charge in [0.15, 0.2) is 5.65 Å². The first-order valence-corrected chi connectivity index (χ1v) is 6.29. The molecular formula is C13H20N4O. The van der Waals surface area contributed by atoms with E-state index < -0.39 is 0 Å². The molecule has 0 fully saturated rings. The van der Waals surface area contributed by atoms with Crippen LogP contribution in [0.5, 0.6) is 0 Å². The Morgan fingerprint density at radius 3 is 3.11 bits per heavy atom. The highest BCUT2D eigenvalue weighted by atomic mass is 16.5. The number of ether oxygens (including phenoxy) is 1. The third-order valence-electron chi connectivity index (χ3n) is 2.85. The van der Waals surface area contributed by atoms with Gasteiger partial charge in [-0.2, -0.15) is 0 Å². The maximum Gasteiger partial charge on any atom is 0.160 e. The highest BCUT2D eigenvalue weighted by Crippen LogP contribution is 2.02. The summed E-state index contributed by atoms with van der Waals surface area (Å²) in [5.74, 6) is 1.53. The standard InChI is InChI=1S/C13H20N4O/c1-11(10-18-2)9-14-7-6-13-16-15-12-5-3-4-8-17(12)13/h3-5,8,11,14H,6-7,9-10H2,1-2H3. The van der Waals surface area contributed by atoms with Crippen LogP contribution in [0.25, 0.3) is 5.65 Å². The van der Waals surface area contributed by atoms with Crippen LogP contribution in [0, 0.1) is 5.92 Å². The van der Waals surface area contributed by atoms with E-state index in [4.69, 9.17) is 4.74 Å². The summed E-state index contributed by atoms with van der Waals surface area (Å²) >= 11 is 0. The van der Waals surface area contributed by atoms with Crippen LogP contribution in [0.2, 0.25) is 0 Å². The molecule has 0 aliphatic rings.